The van der Waals surface area contributed by atoms with Gasteiger partial charge in [0.1, 0.15) is 0 Å². The van der Waals surface area contributed by atoms with Crippen molar-refractivity contribution in [1.29, 1.82) is 0 Å². The summed E-state index contributed by atoms with van der Waals surface area (Å²) in [4.78, 5) is 0. The van der Waals surface area contributed by atoms with E-state index in [-0.39, 0.29) is 5.56 Å². The van der Waals surface area contributed by atoms with Gasteiger partial charge in [0.05, 0.1) is 5.56 Å². The predicted octanol–water partition coefficient (Wildman–Crippen LogP) is 5.03. The van der Waals surface area contributed by atoms with Crippen LogP contribution in [0.3, 0.4) is 0 Å². The molecule has 0 spiro atoms. The number of halogens is 2. The molecule has 2 heteroatoms. The van der Waals surface area contributed by atoms with E-state index in [1.807, 2.05) is 54.6 Å². The van der Waals surface area contributed by atoms with Crippen molar-refractivity contribution < 1.29 is 8.78 Å². The van der Waals surface area contributed by atoms with Crippen LogP contribution in [-0.2, 0) is 0 Å². The second kappa shape index (κ2) is 6.24. The number of hydrogen-bond acceptors (Lipinski definition) is 0. The third-order valence-electron chi connectivity index (χ3n) is 3.29. The van der Waals surface area contributed by atoms with Gasteiger partial charge in [-0.3, -0.25) is 0 Å². The van der Waals surface area contributed by atoms with Gasteiger partial charge < -0.3 is 0 Å². The monoisotopic (exact) mass is 290 g/mol. The van der Waals surface area contributed by atoms with E-state index in [9.17, 15) is 8.78 Å². The fourth-order valence-electron chi connectivity index (χ4n) is 2.12. The van der Waals surface area contributed by atoms with E-state index in [0.29, 0.717) is 0 Å². The molecule has 0 bridgehead atoms. The van der Waals surface area contributed by atoms with Gasteiger partial charge in [-0.15, -0.1) is 0 Å². The van der Waals surface area contributed by atoms with E-state index in [1.165, 1.54) is 12.1 Å². The van der Waals surface area contributed by atoms with Gasteiger partial charge >= 0.3 is 0 Å². The zero-order chi connectivity index (χ0) is 15.4. The summed E-state index contributed by atoms with van der Waals surface area (Å²) in [5.74, 6) is 3.73. The van der Waals surface area contributed by atoms with Crippen molar-refractivity contribution in [2.45, 2.75) is 0 Å². The van der Waals surface area contributed by atoms with Crippen LogP contribution in [0.25, 0.3) is 11.1 Å². The highest BCUT2D eigenvalue weighted by Crippen LogP contribution is 2.19. The lowest BCUT2D eigenvalue weighted by Gasteiger charge is -2.01. The lowest BCUT2D eigenvalue weighted by Crippen LogP contribution is -1.88. The summed E-state index contributed by atoms with van der Waals surface area (Å²) in [6.07, 6.45) is 0. The fourth-order valence-corrected chi connectivity index (χ4v) is 2.12. The second-order valence-electron chi connectivity index (χ2n) is 4.79. The van der Waals surface area contributed by atoms with Crippen molar-refractivity contribution in [3.8, 4) is 23.0 Å². The summed E-state index contributed by atoms with van der Waals surface area (Å²) >= 11 is 0. The van der Waals surface area contributed by atoms with Crippen LogP contribution in [0.5, 0.6) is 0 Å². The molecular weight excluding hydrogens is 278 g/mol. The molecule has 0 aromatic heterocycles. The van der Waals surface area contributed by atoms with Gasteiger partial charge in [0.2, 0.25) is 0 Å². The Kier molecular flexibility index (Phi) is 3.98. The lowest BCUT2D eigenvalue weighted by atomic mass is 10.0. The van der Waals surface area contributed by atoms with Crippen molar-refractivity contribution in [3.63, 3.8) is 0 Å². The zero-order valence-corrected chi connectivity index (χ0v) is 11.7. The summed E-state index contributed by atoms with van der Waals surface area (Å²) < 4.78 is 26.6. The minimum atomic E-state index is -0.907. The molecule has 3 rings (SSSR count). The van der Waals surface area contributed by atoms with E-state index in [2.05, 4.69) is 11.8 Å². The first-order valence-electron chi connectivity index (χ1n) is 6.85. The maximum atomic E-state index is 13.5. The Bertz CT molecular complexity index is 838. The Morgan fingerprint density at radius 1 is 0.591 bits per heavy atom. The van der Waals surface area contributed by atoms with Crippen molar-refractivity contribution >= 4 is 0 Å². The molecular formula is C20H12F2. The highest BCUT2D eigenvalue weighted by molar-refractivity contribution is 5.64. The number of hydrogen-bond donors (Lipinski definition) is 0. The van der Waals surface area contributed by atoms with Crippen molar-refractivity contribution in [2.75, 3.05) is 0 Å². The molecule has 0 saturated carbocycles. The van der Waals surface area contributed by atoms with Gasteiger partial charge in [-0.25, -0.2) is 8.78 Å². The van der Waals surface area contributed by atoms with Crippen LogP contribution >= 0.6 is 0 Å². The van der Waals surface area contributed by atoms with Crippen LogP contribution in [-0.4, -0.2) is 0 Å². The molecule has 0 heterocycles. The Hall–Kier alpha value is -2.92. The molecule has 0 aliphatic carbocycles. The summed E-state index contributed by atoms with van der Waals surface area (Å²) in [5, 5.41) is 0. The van der Waals surface area contributed by atoms with Crippen molar-refractivity contribution in [1.82, 2.24) is 0 Å². The highest BCUT2D eigenvalue weighted by atomic mass is 19.2. The Labute approximate surface area is 128 Å². The smallest absolute Gasteiger partial charge is 0.174 e. The van der Waals surface area contributed by atoms with Gasteiger partial charge in [0, 0.05) is 5.56 Å². The minimum absolute atomic E-state index is 0.0622. The predicted molar refractivity (Wildman–Crippen MR) is 84.2 cm³/mol. The van der Waals surface area contributed by atoms with Crippen LogP contribution in [0.2, 0.25) is 0 Å². The van der Waals surface area contributed by atoms with Gasteiger partial charge in [-0.05, 0) is 35.4 Å². The third-order valence-corrected chi connectivity index (χ3v) is 3.29. The van der Waals surface area contributed by atoms with E-state index in [0.717, 1.165) is 22.8 Å². The average molecular weight is 290 g/mol. The number of rotatable bonds is 1. The number of benzene rings is 3. The topological polar surface area (TPSA) is 0 Å². The van der Waals surface area contributed by atoms with E-state index < -0.39 is 11.6 Å². The summed E-state index contributed by atoms with van der Waals surface area (Å²) in [7, 11) is 0. The van der Waals surface area contributed by atoms with Gasteiger partial charge in [0.15, 0.2) is 11.6 Å². The molecule has 0 amide bonds. The molecule has 3 aromatic carbocycles. The molecule has 0 nitrogen and oxygen atoms in total. The van der Waals surface area contributed by atoms with Gasteiger partial charge in [0.25, 0.3) is 0 Å². The van der Waals surface area contributed by atoms with Crippen LogP contribution in [0.15, 0.2) is 72.8 Å². The Morgan fingerprint density at radius 2 is 1.27 bits per heavy atom. The van der Waals surface area contributed by atoms with Crippen LogP contribution in [0.1, 0.15) is 11.1 Å². The van der Waals surface area contributed by atoms with Crippen molar-refractivity contribution in [2.24, 2.45) is 0 Å². The zero-order valence-electron chi connectivity index (χ0n) is 11.7. The molecule has 0 saturated heterocycles. The quantitative estimate of drug-likeness (QED) is 0.551. The Morgan fingerprint density at radius 3 is 2.00 bits per heavy atom. The van der Waals surface area contributed by atoms with Crippen LogP contribution in [0.4, 0.5) is 8.78 Å². The average Bonchev–Trinajstić information content (AvgIpc) is 2.57. The molecule has 0 fully saturated rings. The van der Waals surface area contributed by atoms with E-state index in [4.69, 9.17) is 0 Å². The van der Waals surface area contributed by atoms with Crippen LogP contribution < -0.4 is 0 Å². The van der Waals surface area contributed by atoms with Gasteiger partial charge in [-0.1, -0.05) is 60.4 Å². The molecule has 0 aliphatic heterocycles. The molecule has 0 N–H and O–H groups in total. The maximum Gasteiger partial charge on any atom is 0.174 e. The van der Waals surface area contributed by atoms with Crippen molar-refractivity contribution in [3.05, 3.63) is 95.6 Å². The molecule has 106 valence electrons. The summed E-state index contributed by atoms with van der Waals surface area (Å²) in [6, 6.07) is 21.6. The largest absolute Gasteiger partial charge is 0.204 e. The summed E-state index contributed by atoms with van der Waals surface area (Å²) in [5.41, 5.74) is 3.02. The highest BCUT2D eigenvalue weighted by Gasteiger charge is 2.04. The first-order valence-corrected chi connectivity index (χ1v) is 6.85. The molecule has 0 radical (unpaired) electrons. The minimum Gasteiger partial charge on any atom is -0.204 e. The summed E-state index contributed by atoms with van der Waals surface area (Å²) in [6.45, 7) is 0. The van der Waals surface area contributed by atoms with Gasteiger partial charge in [-0.2, -0.15) is 0 Å². The first-order chi connectivity index (χ1) is 10.7. The van der Waals surface area contributed by atoms with E-state index >= 15 is 0 Å². The standard InChI is InChI=1S/C20H12F2/c21-19-8-4-7-18(20(19)22)14-11-15-9-12-17(13-10-15)16-5-2-1-3-6-16/h1-10,12-13H. The molecule has 22 heavy (non-hydrogen) atoms. The van der Waals surface area contributed by atoms with E-state index in [1.54, 1.807) is 0 Å². The maximum absolute atomic E-state index is 13.5. The third kappa shape index (κ3) is 3.05. The normalized spacial score (nSPS) is 9.91. The molecule has 3 aromatic rings. The lowest BCUT2D eigenvalue weighted by molar-refractivity contribution is 0.506. The fraction of sp³-hybridized carbons (Fsp3) is 0. The SMILES string of the molecule is Fc1cccc(C#Cc2ccc(-c3ccccc3)cc2)c1F. The molecule has 0 unspecified atom stereocenters. The first kappa shape index (κ1) is 14.0. The second-order valence-corrected chi connectivity index (χ2v) is 4.79. The molecule has 0 atom stereocenters. The Balaban J connectivity index is 1.86. The van der Waals surface area contributed by atoms with Crippen LogP contribution in [0, 0.1) is 23.5 Å². The molecule has 0 aliphatic rings.